The number of rotatable bonds is 10. The van der Waals surface area contributed by atoms with Crippen molar-refractivity contribution in [2.75, 3.05) is 33.4 Å². The van der Waals surface area contributed by atoms with Gasteiger partial charge < -0.3 is 45.9 Å². The van der Waals surface area contributed by atoms with Crippen LogP contribution in [0.15, 0.2) is 72.8 Å². The van der Waals surface area contributed by atoms with Crippen LogP contribution in [-0.2, 0) is 25.6 Å². The van der Waals surface area contributed by atoms with Crippen molar-refractivity contribution < 1.29 is 43.3 Å². The number of phenols is 1. The van der Waals surface area contributed by atoms with Gasteiger partial charge in [-0.2, -0.15) is 0 Å². The zero-order valence-corrected chi connectivity index (χ0v) is 28.9. The van der Waals surface area contributed by atoms with Crippen molar-refractivity contribution in [3.63, 3.8) is 0 Å². The third-order valence-corrected chi connectivity index (χ3v) is 8.03. The van der Waals surface area contributed by atoms with Crippen LogP contribution >= 0.6 is 0 Å². The summed E-state index contributed by atoms with van der Waals surface area (Å²) >= 11 is 0. The van der Waals surface area contributed by atoms with E-state index >= 15 is 0 Å². The number of hydrogen-bond donors (Lipinski definition) is 6. The lowest BCUT2D eigenvalue weighted by molar-refractivity contribution is -0.133. The molecule has 3 aromatic rings. The van der Waals surface area contributed by atoms with E-state index in [1.54, 1.807) is 75.6 Å². The Morgan fingerprint density at radius 1 is 0.922 bits per heavy atom. The van der Waals surface area contributed by atoms with Crippen LogP contribution in [0.1, 0.15) is 42.6 Å². The maximum Gasteiger partial charge on any atom is 0.255 e. The zero-order valence-electron chi connectivity index (χ0n) is 28.9. The van der Waals surface area contributed by atoms with Crippen molar-refractivity contribution in [2.45, 2.75) is 51.2 Å². The molecule has 272 valence electrons. The molecular weight excluding hydrogens is 658 g/mol. The molecule has 0 radical (unpaired) electrons. The lowest BCUT2D eigenvalue weighted by atomic mass is 10.0. The van der Waals surface area contributed by atoms with E-state index in [9.17, 15) is 29.1 Å². The average molecular weight is 704 g/mol. The molecule has 4 rings (SSSR count). The fourth-order valence-electron chi connectivity index (χ4n) is 5.24. The first-order valence-electron chi connectivity index (χ1n) is 16.8. The molecule has 0 saturated carbocycles. The standard InChI is InChI=1S/C37H45N5O9/c1-23(2)33-37(48)39-18-20-51-31-8-5-4-7-28(31)34(45)41-30(35(46)38-17-6-19-50-27-15-13-26(49-3)14-16-27)22-32(44)40-29(36(47)42-33)21-24-9-11-25(43)12-10-24/h4-5,7-16,23,29-30,33,43H,6,17-22H2,1-3H3,(H,38,46)(H,39,48)(H,40,44)(H,41,45)(H,42,47)/t29-,30-,33+/m0/s1. The van der Waals surface area contributed by atoms with Gasteiger partial charge in [-0.1, -0.05) is 38.1 Å². The third-order valence-electron chi connectivity index (χ3n) is 8.03. The predicted octanol–water partition coefficient (Wildman–Crippen LogP) is 1.85. The van der Waals surface area contributed by atoms with Crippen LogP contribution in [-0.4, -0.2) is 86.2 Å². The minimum atomic E-state index is -1.33. The van der Waals surface area contributed by atoms with Gasteiger partial charge in [0, 0.05) is 13.0 Å². The Labute approximate surface area is 296 Å². The number of methoxy groups -OCH3 is 1. The van der Waals surface area contributed by atoms with Crippen LogP contribution in [0.25, 0.3) is 0 Å². The maximum absolute atomic E-state index is 13.6. The number of benzene rings is 3. The highest BCUT2D eigenvalue weighted by molar-refractivity contribution is 6.01. The summed E-state index contributed by atoms with van der Waals surface area (Å²) < 4.78 is 16.7. The average Bonchev–Trinajstić information content (AvgIpc) is 3.12. The topological polar surface area (TPSA) is 193 Å². The molecule has 6 N–H and O–H groups in total. The van der Waals surface area contributed by atoms with Gasteiger partial charge in [0.2, 0.25) is 23.6 Å². The molecule has 1 aliphatic rings. The zero-order chi connectivity index (χ0) is 36.8. The first-order chi connectivity index (χ1) is 24.5. The van der Waals surface area contributed by atoms with Crippen molar-refractivity contribution >= 4 is 29.5 Å². The van der Waals surface area contributed by atoms with Gasteiger partial charge in [-0.05, 0) is 66.4 Å². The number of nitrogens with one attached hydrogen (secondary N) is 5. The molecule has 5 amide bonds. The molecule has 3 aromatic carbocycles. The number of ether oxygens (including phenoxy) is 3. The van der Waals surface area contributed by atoms with E-state index in [1.165, 1.54) is 18.2 Å². The summed E-state index contributed by atoms with van der Waals surface area (Å²) in [5.41, 5.74) is 0.749. The molecule has 0 saturated heterocycles. The molecule has 0 bridgehead atoms. The van der Waals surface area contributed by atoms with Crippen molar-refractivity contribution in [1.82, 2.24) is 26.6 Å². The van der Waals surface area contributed by atoms with Gasteiger partial charge >= 0.3 is 0 Å². The summed E-state index contributed by atoms with van der Waals surface area (Å²) in [4.78, 5) is 67.3. The molecule has 0 spiro atoms. The fraction of sp³-hybridized carbons (Fsp3) is 0.378. The number of aromatic hydroxyl groups is 1. The van der Waals surface area contributed by atoms with E-state index < -0.39 is 54.1 Å². The Morgan fingerprint density at radius 2 is 1.63 bits per heavy atom. The second-order valence-electron chi connectivity index (χ2n) is 12.3. The fourth-order valence-corrected chi connectivity index (χ4v) is 5.24. The Bertz CT molecular complexity index is 1650. The minimum absolute atomic E-state index is 0.0147. The highest BCUT2D eigenvalue weighted by atomic mass is 16.5. The molecule has 1 aliphatic heterocycles. The lowest BCUT2D eigenvalue weighted by Crippen LogP contribution is -2.57. The second-order valence-corrected chi connectivity index (χ2v) is 12.3. The first-order valence-corrected chi connectivity index (χ1v) is 16.8. The Balaban J connectivity index is 1.54. The van der Waals surface area contributed by atoms with Crippen LogP contribution in [0.5, 0.6) is 23.0 Å². The van der Waals surface area contributed by atoms with Crippen molar-refractivity contribution in [3.05, 3.63) is 83.9 Å². The summed E-state index contributed by atoms with van der Waals surface area (Å²) in [6, 6.07) is 16.2. The molecule has 0 unspecified atom stereocenters. The van der Waals surface area contributed by atoms with Gasteiger partial charge in [-0.3, -0.25) is 24.0 Å². The number of amides is 5. The summed E-state index contributed by atoms with van der Waals surface area (Å²) in [7, 11) is 1.57. The SMILES string of the molecule is COc1ccc(OCCCNC(=O)[C@@H]2CC(=O)N[C@@H](Cc3ccc(O)cc3)C(=O)N[C@H](C(C)C)C(=O)NCCOc3ccccc3C(=O)N2)cc1. The van der Waals surface area contributed by atoms with E-state index in [0.717, 1.165) is 0 Å². The van der Waals surface area contributed by atoms with E-state index in [0.29, 0.717) is 23.5 Å². The molecule has 14 heteroatoms. The molecule has 1 heterocycles. The van der Waals surface area contributed by atoms with Crippen LogP contribution in [0, 0.1) is 5.92 Å². The number of carbonyl (C=O) groups excluding carboxylic acids is 5. The Kier molecular flexibility index (Phi) is 14.0. The molecule has 0 aromatic heterocycles. The Hall–Kier alpha value is -5.79. The van der Waals surface area contributed by atoms with E-state index in [4.69, 9.17) is 14.2 Å². The predicted molar refractivity (Wildman–Crippen MR) is 187 cm³/mol. The smallest absolute Gasteiger partial charge is 0.255 e. The van der Waals surface area contributed by atoms with Gasteiger partial charge in [-0.25, -0.2) is 0 Å². The number of phenolic OH excluding ortho intramolecular Hbond substituents is 1. The molecule has 51 heavy (non-hydrogen) atoms. The second kappa shape index (κ2) is 18.8. The quantitative estimate of drug-likeness (QED) is 0.171. The van der Waals surface area contributed by atoms with Crippen molar-refractivity contribution in [3.8, 4) is 23.0 Å². The van der Waals surface area contributed by atoms with E-state index in [1.807, 2.05) is 0 Å². The van der Waals surface area contributed by atoms with E-state index in [-0.39, 0.29) is 55.7 Å². The van der Waals surface area contributed by atoms with E-state index in [2.05, 4.69) is 26.6 Å². The molecular formula is C37H45N5O9. The van der Waals surface area contributed by atoms with Crippen molar-refractivity contribution in [2.24, 2.45) is 5.92 Å². The van der Waals surface area contributed by atoms with Gasteiger partial charge in [0.15, 0.2) is 0 Å². The highest BCUT2D eigenvalue weighted by Crippen LogP contribution is 2.19. The normalized spacial score (nSPS) is 18.9. The maximum atomic E-state index is 13.6. The summed E-state index contributed by atoms with van der Waals surface area (Å²) in [5, 5.41) is 23.3. The Morgan fingerprint density at radius 3 is 2.33 bits per heavy atom. The minimum Gasteiger partial charge on any atom is -0.508 e. The van der Waals surface area contributed by atoms with Crippen LogP contribution < -0.4 is 40.8 Å². The molecule has 14 nitrogen and oxygen atoms in total. The molecule has 3 atom stereocenters. The first kappa shape index (κ1) is 38.0. The third kappa shape index (κ3) is 11.7. The summed E-state index contributed by atoms with van der Waals surface area (Å²) in [6.45, 7) is 4.12. The number of fused-ring (bicyclic) bond motifs is 1. The number of hydrogen-bond acceptors (Lipinski definition) is 9. The van der Waals surface area contributed by atoms with Crippen LogP contribution in [0.3, 0.4) is 0 Å². The monoisotopic (exact) mass is 703 g/mol. The lowest BCUT2D eigenvalue weighted by Gasteiger charge is -2.26. The molecule has 0 aliphatic carbocycles. The van der Waals surface area contributed by atoms with Crippen LogP contribution in [0.2, 0.25) is 0 Å². The van der Waals surface area contributed by atoms with Gasteiger partial charge in [0.05, 0.1) is 32.2 Å². The molecule has 0 fully saturated rings. The summed E-state index contributed by atoms with van der Waals surface area (Å²) in [5.74, 6) is -1.78. The van der Waals surface area contributed by atoms with Gasteiger partial charge in [0.25, 0.3) is 5.91 Å². The number of carbonyl (C=O) groups is 5. The summed E-state index contributed by atoms with van der Waals surface area (Å²) in [6.07, 6.45) is -0.0563. The van der Waals surface area contributed by atoms with Gasteiger partial charge in [-0.15, -0.1) is 0 Å². The van der Waals surface area contributed by atoms with Crippen LogP contribution in [0.4, 0.5) is 0 Å². The van der Waals surface area contributed by atoms with Gasteiger partial charge in [0.1, 0.15) is 47.7 Å². The number of para-hydroxylation sites is 1. The highest BCUT2D eigenvalue weighted by Gasteiger charge is 2.31. The largest absolute Gasteiger partial charge is 0.508 e. The van der Waals surface area contributed by atoms with Crippen molar-refractivity contribution in [1.29, 1.82) is 0 Å².